The van der Waals surface area contributed by atoms with E-state index in [9.17, 15) is 13.2 Å². The highest BCUT2D eigenvalue weighted by molar-refractivity contribution is 7.10. The molecule has 2 heterocycles. The number of aromatic nitrogens is 3. The molecular weight excluding hydrogens is 273 g/mol. The number of rotatable bonds is 3. The summed E-state index contributed by atoms with van der Waals surface area (Å²) in [5.41, 5.74) is 2.55. The van der Waals surface area contributed by atoms with Crippen molar-refractivity contribution in [3.8, 4) is 0 Å². The Hall–Kier alpha value is -1.22. The smallest absolute Gasteiger partial charge is 0.355 e. The molecular formula is C8H7F3N4S2. The monoisotopic (exact) mass is 280 g/mol. The first kappa shape index (κ1) is 12.2. The van der Waals surface area contributed by atoms with Gasteiger partial charge in [0.1, 0.15) is 0 Å². The van der Waals surface area contributed by atoms with Gasteiger partial charge in [0.2, 0.25) is 11.0 Å². The minimum Gasteiger partial charge on any atom is -0.355 e. The highest BCUT2D eigenvalue weighted by Crippen LogP contribution is 2.29. The molecule has 0 aromatic carbocycles. The third-order valence-corrected chi connectivity index (χ3v) is 3.53. The molecule has 4 nitrogen and oxygen atoms in total. The number of hydrogen-bond donors (Lipinski definition) is 1. The van der Waals surface area contributed by atoms with Gasteiger partial charge in [0, 0.05) is 16.4 Å². The van der Waals surface area contributed by atoms with Gasteiger partial charge in [-0.3, -0.25) is 0 Å². The molecule has 0 unspecified atom stereocenters. The van der Waals surface area contributed by atoms with Gasteiger partial charge < -0.3 is 5.32 Å². The lowest BCUT2D eigenvalue weighted by molar-refractivity contribution is -0.144. The lowest BCUT2D eigenvalue weighted by Gasteiger charge is -2.00. The molecule has 0 spiro atoms. The van der Waals surface area contributed by atoms with Crippen molar-refractivity contribution in [1.82, 2.24) is 14.3 Å². The minimum atomic E-state index is -4.49. The third kappa shape index (κ3) is 2.91. The van der Waals surface area contributed by atoms with Gasteiger partial charge in [-0.25, -0.2) is 4.98 Å². The van der Waals surface area contributed by atoms with E-state index in [1.54, 1.807) is 5.51 Å². The van der Waals surface area contributed by atoms with Crippen LogP contribution in [0.5, 0.6) is 0 Å². The molecule has 0 amide bonds. The molecule has 0 saturated carbocycles. The molecule has 0 atom stereocenters. The number of alkyl halides is 3. The van der Waals surface area contributed by atoms with Gasteiger partial charge in [-0.15, -0.1) is 11.3 Å². The molecule has 0 saturated heterocycles. The van der Waals surface area contributed by atoms with Crippen LogP contribution in [0.1, 0.15) is 16.4 Å². The zero-order chi connectivity index (χ0) is 12.5. The van der Waals surface area contributed by atoms with Crippen molar-refractivity contribution in [1.29, 1.82) is 0 Å². The second-order valence-electron chi connectivity index (χ2n) is 3.14. The summed E-state index contributed by atoms with van der Waals surface area (Å²) in [4.78, 5) is 8.37. The van der Waals surface area contributed by atoms with Crippen molar-refractivity contribution < 1.29 is 13.2 Å². The number of nitrogens with one attached hydrogen (secondary N) is 1. The van der Waals surface area contributed by atoms with Crippen molar-refractivity contribution in [2.45, 2.75) is 19.6 Å². The largest absolute Gasteiger partial charge is 0.452 e. The number of hydrogen-bond acceptors (Lipinski definition) is 6. The number of halogens is 3. The van der Waals surface area contributed by atoms with E-state index in [-0.39, 0.29) is 5.13 Å². The van der Waals surface area contributed by atoms with E-state index in [0.29, 0.717) is 18.1 Å². The van der Waals surface area contributed by atoms with Gasteiger partial charge in [-0.2, -0.15) is 22.5 Å². The van der Waals surface area contributed by atoms with Crippen molar-refractivity contribution in [2.24, 2.45) is 0 Å². The fourth-order valence-corrected chi connectivity index (χ4v) is 2.36. The topological polar surface area (TPSA) is 50.7 Å². The fourth-order valence-electron chi connectivity index (χ4n) is 1.06. The maximum absolute atomic E-state index is 12.2. The molecule has 0 radical (unpaired) electrons. The molecule has 2 aromatic rings. The molecule has 2 rings (SSSR count). The summed E-state index contributed by atoms with van der Waals surface area (Å²) in [5.74, 6) is -1.11. The van der Waals surface area contributed by atoms with Gasteiger partial charge in [-0.1, -0.05) is 0 Å². The van der Waals surface area contributed by atoms with E-state index in [1.165, 1.54) is 11.3 Å². The number of anilines is 1. The van der Waals surface area contributed by atoms with E-state index < -0.39 is 12.0 Å². The first-order valence-corrected chi connectivity index (χ1v) is 6.16. The lowest BCUT2D eigenvalue weighted by atomic mass is 10.4. The fraction of sp³-hybridized carbons (Fsp3) is 0.375. The number of aryl methyl sites for hydroxylation is 1. The molecule has 0 aliphatic carbocycles. The summed E-state index contributed by atoms with van der Waals surface area (Å²) in [6, 6.07) is 0. The summed E-state index contributed by atoms with van der Waals surface area (Å²) in [6.07, 6.45) is -4.49. The zero-order valence-electron chi connectivity index (χ0n) is 8.58. The Morgan fingerprint density at radius 3 is 2.71 bits per heavy atom. The van der Waals surface area contributed by atoms with Crippen LogP contribution in [0.4, 0.5) is 18.3 Å². The second-order valence-corrected chi connectivity index (χ2v) is 4.83. The Kier molecular flexibility index (Phi) is 3.29. The maximum atomic E-state index is 12.2. The Balaban J connectivity index is 2.01. The summed E-state index contributed by atoms with van der Waals surface area (Å²) in [6.45, 7) is 2.25. The van der Waals surface area contributed by atoms with Crippen LogP contribution in [0.3, 0.4) is 0 Å². The normalized spacial score (nSPS) is 11.8. The van der Waals surface area contributed by atoms with Crippen molar-refractivity contribution in [2.75, 3.05) is 5.32 Å². The van der Waals surface area contributed by atoms with Crippen LogP contribution in [-0.4, -0.2) is 14.3 Å². The minimum absolute atomic E-state index is 0.158. The van der Waals surface area contributed by atoms with Crippen LogP contribution in [-0.2, 0) is 12.7 Å². The van der Waals surface area contributed by atoms with E-state index >= 15 is 0 Å². The molecule has 92 valence electrons. The van der Waals surface area contributed by atoms with Gasteiger partial charge in [0.15, 0.2) is 0 Å². The zero-order valence-corrected chi connectivity index (χ0v) is 10.2. The van der Waals surface area contributed by atoms with Crippen LogP contribution < -0.4 is 5.32 Å². The maximum Gasteiger partial charge on any atom is 0.452 e. The molecule has 2 aromatic heterocycles. The lowest BCUT2D eigenvalue weighted by Crippen LogP contribution is -2.07. The van der Waals surface area contributed by atoms with E-state index in [2.05, 4.69) is 19.7 Å². The highest BCUT2D eigenvalue weighted by atomic mass is 32.1. The van der Waals surface area contributed by atoms with Crippen LogP contribution in [0, 0.1) is 6.92 Å². The molecule has 9 heteroatoms. The Labute approximate surface area is 103 Å². The first-order chi connectivity index (χ1) is 7.97. The van der Waals surface area contributed by atoms with Crippen LogP contribution in [0.25, 0.3) is 0 Å². The van der Waals surface area contributed by atoms with Crippen molar-refractivity contribution in [3.05, 3.63) is 21.9 Å². The summed E-state index contributed by atoms with van der Waals surface area (Å²) < 4.78 is 39.9. The average molecular weight is 280 g/mol. The van der Waals surface area contributed by atoms with Gasteiger partial charge >= 0.3 is 6.18 Å². The summed E-state index contributed by atoms with van der Waals surface area (Å²) in [7, 11) is 0. The molecule has 0 aliphatic heterocycles. The Bertz CT molecular complexity index is 505. The van der Waals surface area contributed by atoms with Crippen LogP contribution >= 0.6 is 22.9 Å². The molecule has 17 heavy (non-hydrogen) atoms. The third-order valence-electron chi connectivity index (χ3n) is 1.92. The number of nitrogens with zero attached hydrogens (tertiary/aromatic N) is 3. The Morgan fingerprint density at radius 2 is 2.18 bits per heavy atom. The van der Waals surface area contributed by atoms with Crippen molar-refractivity contribution in [3.63, 3.8) is 0 Å². The molecule has 0 aliphatic rings. The molecule has 0 fully saturated rings. The van der Waals surface area contributed by atoms with E-state index in [4.69, 9.17) is 0 Å². The van der Waals surface area contributed by atoms with Crippen molar-refractivity contribution >= 4 is 28.0 Å². The summed E-state index contributed by atoms with van der Waals surface area (Å²) in [5, 5.41) is 2.95. The SMILES string of the molecule is Cc1ncsc1CNc1nc(C(F)(F)F)ns1. The summed E-state index contributed by atoms with van der Waals surface area (Å²) >= 11 is 2.14. The van der Waals surface area contributed by atoms with E-state index in [0.717, 1.165) is 10.6 Å². The molecule has 1 N–H and O–H groups in total. The standard InChI is InChI=1S/C8H7F3N4S2/c1-4-5(16-3-13-4)2-12-7-14-6(15-17-7)8(9,10)11/h3H,2H2,1H3,(H,12,14,15). The van der Waals surface area contributed by atoms with Crippen LogP contribution in [0.15, 0.2) is 5.51 Å². The Morgan fingerprint density at radius 1 is 1.41 bits per heavy atom. The highest BCUT2D eigenvalue weighted by Gasteiger charge is 2.36. The number of thiazole rings is 1. The predicted octanol–water partition coefficient (Wildman–Crippen LogP) is 2.93. The first-order valence-electron chi connectivity index (χ1n) is 4.50. The van der Waals surface area contributed by atoms with Crippen LogP contribution in [0.2, 0.25) is 0 Å². The average Bonchev–Trinajstić information content (AvgIpc) is 2.82. The van der Waals surface area contributed by atoms with Gasteiger partial charge in [0.25, 0.3) is 0 Å². The predicted molar refractivity (Wildman–Crippen MR) is 59.1 cm³/mol. The second kappa shape index (κ2) is 4.57. The van der Waals surface area contributed by atoms with Gasteiger partial charge in [0.05, 0.1) is 17.7 Å². The van der Waals surface area contributed by atoms with Gasteiger partial charge in [-0.05, 0) is 6.92 Å². The van der Waals surface area contributed by atoms with E-state index in [1.807, 2.05) is 6.92 Å². The molecule has 0 bridgehead atoms. The quantitative estimate of drug-likeness (QED) is 0.939.